The predicted molar refractivity (Wildman–Crippen MR) is 139 cm³/mol. The zero-order chi connectivity index (χ0) is 27.4. The van der Waals surface area contributed by atoms with E-state index in [1.807, 2.05) is 30.3 Å². The molecule has 4 heterocycles. The van der Waals surface area contributed by atoms with Gasteiger partial charge in [-0.1, -0.05) is 23.3 Å². The minimum absolute atomic E-state index is 0.0628. The first-order valence-corrected chi connectivity index (χ1v) is 13.3. The van der Waals surface area contributed by atoms with E-state index in [1.54, 1.807) is 0 Å². The number of hydrogen-bond acceptors (Lipinski definition) is 4. The van der Waals surface area contributed by atoms with Crippen molar-refractivity contribution < 1.29 is 18.0 Å². The van der Waals surface area contributed by atoms with Crippen LogP contribution in [0.1, 0.15) is 83.1 Å². The van der Waals surface area contributed by atoms with Gasteiger partial charge in [-0.2, -0.15) is 0 Å². The molecule has 0 spiro atoms. The average Bonchev–Trinajstić information content (AvgIpc) is 3.63. The van der Waals surface area contributed by atoms with E-state index >= 15 is 4.39 Å². The molecule has 40 heavy (non-hydrogen) atoms. The lowest BCUT2D eigenvalue weighted by Gasteiger charge is -2.43. The van der Waals surface area contributed by atoms with Crippen LogP contribution >= 0.6 is 0 Å². The van der Waals surface area contributed by atoms with E-state index in [0.29, 0.717) is 29.0 Å². The number of azide groups is 1. The largest absolute Gasteiger partial charge is 0.342 e. The molecule has 4 aromatic rings. The number of aromatic nitrogens is 3. The normalized spacial score (nSPS) is 23.4. The third-order valence-electron chi connectivity index (χ3n) is 8.79. The van der Waals surface area contributed by atoms with Crippen LogP contribution in [0.15, 0.2) is 53.8 Å². The zero-order valence-electron chi connectivity index (χ0n) is 21.1. The van der Waals surface area contributed by atoms with E-state index in [0.717, 1.165) is 35.3 Å². The van der Waals surface area contributed by atoms with Gasteiger partial charge in [0.25, 0.3) is 5.91 Å². The van der Waals surface area contributed by atoms with Crippen molar-refractivity contribution in [2.75, 3.05) is 0 Å². The van der Waals surface area contributed by atoms with Gasteiger partial charge in [0.1, 0.15) is 17.2 Å². The summed E-state index contributed by atoms with van der Waals surface area (Å²) in [6, 6.07) is 12.5. The Labute approximate surface area is 225 Å². The number of amides is 1. The highest BCUT2D eigenvalue weighted by atomic mass is 19.3. The fourth-order valence-electron chi connectivity index (χ4n) is 6.92. The molecule has 0 radical (unpaired) electrons. The number of carbonyl (C=O) groups is 1. The summed E-state index contributed by atoms with van der Waals surface area (Å²) in [6.45, 7) is 0. The van der Waals surface area contributed by atoms with Gasteiger partial charge in [0, 0.05) is 35.1 Å². The predicted octanol–water partition coefficient (Wildman–Crippen LogP) is 6.83. The van der Waals surface area contributed by atoms with Crippen molar-refractivity contribution in [3.8, 4) is 11.1 Å². The van der Waals surface area contributed by atoms with Crippen LogP contribution in [0, 0.1) is 5.82 Å². The number of fused-ring (bicyclic) bond motifs is 9. The lowest BCUT2D eigenvalue weighted by molar-refractivity contribution is -0.126. The van der Waals surface area contributed by atoms with E-state index in [1.165, 1.54) is 17.8 Å². The summed E-state index contributed by atoms with van der Waals surface area (Å²) in [4.78, 5) is 24.8. The molecule has 4 aliphatic rings. The SMILES string of the molecule is [N-]=[N+]=NC1(c2ncc(-c3ccc4nc5n(c4c3)[C@@H]3C[C@H]5NC(=O)c4cccc(C5CC5)c43)cc2F)CC(F)(F)C1. The van der Waals surface area contributed by atoms with E-state index in [4.69, 9.17) is 10.5 Å². The minimum atomic E-state index is -3.02. The van der Waals surface area contributed by atoms with Gasteiger partial charge in [-0.25, -0.2) is 18.2 Å². The molecule has 0 unspecified atom stereocenters. The van der Waals surface area contributed by atoms with Crippen LogP contribution in [0.3, 0.4) is 0 Å². The van der Waals surface area contributed by atoms with Crippen LogP contribution in [0.4, 0.5) is 13.2 Å². The van der Waals surface area contributed by atoms with Crippen molar-refractivity contribution in [2.45, 2.75) is 61.6 Å². The number of carbonyl (C=O) groups excluding carboxylic acids is 1. The summed E-state index contributed by atoms with van der Waals surface area (Å²) in [5.41, 5.74) is 12.7. The summed E-state index contributed by atoms with van der Waals surface area (Å²) in [5.74, 6) is -2.64. The average molecular weight is 542 g/mol. The summed E-state index contributed by atoms with van der Waals surface area (Å²) in [5, 5.41) is 6.67. The Bertz CT molecular complexity index is 1810. The van der Waals surface area contributed by atoms with Gasteiger partial charge in [0.2, 0.25) is 5.92 Å². The molecular formula is C29H22F3N7O. The monoisotopic (exact) mass is 541 g/mol. The molecular weight excluding hydrogens is 519 g/mol. The van der Waals surface area contributed by atoms with Crippen molar-refractivity contribution >= 4 is 16.9 Å². The van der Waals surface area contributed by atoms with Crippen molar-refractivity contribution in [3.63, 3.8) is 0 Å². The molecule has 0 saturated heterocycles. The molecule has 11 heteroatoms. The summed E-state index contributed by atoms with van der Waals surface area (Å²) < 4.78 is 44.9. The molecule has 1 N–H and O–H groups in total. The second-order valence-corrected chi connectivity index (χ2v) is 11.4. The number of nitrogens with one attached hydrogen (secondary N) is 1. The van der Waals surface area contributed by atoms with Crippen LogP contribution < -0.4 is 5.32 Å². The Balaban J connectivity index is 1.23. The molecule has 8 rings (SSSR count). The first kappa shape index (κ1) is 23.5. The molecule has 2 aromatic heterocycles. The standard InChI is InChI=1S/C29H22F3N7O/c30-19-8-16(11-34-25(19)28(37-38-33)12-29(31,32)13-28)15-6-7-20-22(9-15)39-23-10-21(26(39)35-20)36-27(40)18-3-1-2-17(24(18)23)14-4-5-14/h1-3,6-9,11,14,21,23H,4-5,10,12-13H2,(H,36,40)/t21-,23-/m1/s1. The van der Waals surface area contributed by atoms with E-state index in [-0.39, 0.29) is 23.7 Å². The van der Waals surface area contributed by atoms with Crippen LogP contribution in [-0.2, 0) is 5.54 Å². The third-order valence-corrected chi connectivity index (χ3v) is 8.79. The molecule has 2 aliphatic carbocycles. The second-order valence-electron chi connectivity index (χ2n) is 11.4. The summed E-state index contributed by atoms with van der Waals surface area (Å²) >= 11 is 0. The maximum atomic E-state index is 15.3. The van der Waals surface area contributed by atoms with Gasteiger partial charge in [0.05, 0.1) is 28.8 Å². The Morgan fingerprint density at radius 3 is 2.67 bits per heavy atom. The zero-order valence-corrected chi connectivity index (χ0v) is 21.1. The van der Waals surface area contributed by atoms with Crippen LogP contribution in [0.25, 0.3) is 32.6 Å². The minimum Gasteiger partial charge on any atom is -0.342 e. The van der Waals surface area contributed by atoms with Gasteiger partial charge in [-0.15, -0.1) is 0 Å². The smallest absolute Gasteiger partial charge is 0.252 e. The van der Waals surface area contributed by atoms with E-state index < -0.39 is 30.1 Å². The lowest BCUT2D eigenvalue weighted by atomic mass is 9.71. The molecule has 2 aromatic carbocycles. The van der Waals surface area contributed by atoms with Crippen molar-refractivity contribution in [2.24, 2.45) is 5.11 Å². The quantitative estimate of drug-likeness (QED) is 0.174. The number of benzene rings is 2. The summed E-state index contributed by atoms with van der Waals surface area (Å²) in [7, 11) is 0. The van der Waals surface area contributed by atoms with Gasteiger partial charge in [0.15, 0.2) is 0 Å². The number of nitrogens with zero attached hydrogens (tertiary/aromatic N) is 6. The fourth-order valence-corrected chi connectivity index (χ4v) is 6.92. The van der Waals surface area contributed by atoms with E-state index in [9.17, 15) is 13.6 Å². The molecule has 8 nitrogen and oxygen atoms in total. The first-order chi connectivity index (χ1) is 19.3. The van der Waals surface area contributed by atoms with Gasteiger partial charge >= 0.3 is 0 Å². The number of imidazole rings is 1. The highest BCUT2D eigenvalue weighted by molar-refractivity contribution is 5.97. The van der Waals surface area contributed by atoms with E-state index in [2.05, 4.69) is 31.0 Å². The van der Waals surface area contributed by atoms with Crippen LogP contribution in [0.2, 0.25) is 0 Å². The number of halogens is 3. The number of hydrogen-bond donors (Lipinski definition) is 1. The topological polar surface area (TPSA) is 109 Å². The Morgan fingerprint density at radius 1 is 1.12 bits per heavy atom. The van der Waals surface area contributed by atoms with Crippen LogP contribution in [0.5, 0.6) is 0 Å². The molecule has 2 fully saturated rings. The molecule has 2 atom stereocenters. The van der Waals surface area contributed by atoms with Crippen molar-refractivity contribution in [1.82, 2.24) is 19.9 Å². The molecule has 2 aliphatic heterocycles. The Morgan fingerprint density at radius 2 is 1.95 bits per heavy atom. The van der Waals surface area contributed by atoms with Crippen molar-refractivity contribution in [3.05, 3.63) is 93.1 Å². The van der Waals surface area contributed by atoms with Gasteiger partial charge in [-0.3, -0.25) is 9.78 Å². The first-order valence-electron chi connectivity index (χ1n) is 13.3. The number of pyridine rings is 1. The molecule has 1 amide bonds. The van der Waals surface area contributed by atoms with Crippen molar-refractivity contribution in [1.29, 1.82) is 0 Å². The Hall–Kier alpha value is -4.37. The molecule has 200 valence electrons. The maximum Gasteiger partial charge on any atom is 0.252 e. The fraction of sp³-hybridized carbons (Fsp3) is 0.345. The Kier molecular flexibility index (Phi) is 4.61. The number of rotatable bonds is 4. The lowest BCUT2D eigenvalue weighted by Crippen LogP contribution is -2.48. The third kappa shape index (κ3) is 3.27. The van der Waals surface area contributed by atoms with Gasteiger partial charge in [-0.05, 0) is 71.7 Å². The molecule has 2 bridgehead atoms. The number of alkyl halides is 2. The maximum absolute atomic E-state index is 15.3. The highest BCUT2D eigenvalue weighted by Crippen LogP contribution is 2.55. The van der Waals surface area contributed by atoms with Crippen LogP contribution in [-0.4, -0.2) is 26.4 Å². The second kappa shape index (κ2) is 7.85. The van der Waals surface area contributed by atoms with Gasteiger partial charge < -0.3 is 9.88 Å². The highest BCUT2D eigenvalue weighted by Gasteiger charge is 2.59. The summed E-state index contributed by atoms with van der Waals surface area (Å²) in [6.07, 6.45) is 2.82. The molecule has 2 saturated carbocycles.